The van der Waals surface area contributed by atoms with Crippen molar-refractivity contribution in [2.75, 3.05) is 13.2 Å². The largest absolute Gasteiger partial charge is 0.462 e. The highest BCUT2D eigenvalue weighted by atomic mass is 16.6. The van der Waals surface area contributed by atoms with Crippen LogP contribution >= 0.6 is 0 Å². The number of esters is 3. The van der Waals surface area contributed by atoms with Gasteiger partial charge >= 0.3 is 17.9 Å². The van der Waals surface area contributed by atoms with Gasteiger partial charge in [0, 0.05) is 19.3 Å². The molecule has 0 heterocycles. The Bertz CT molecular complexity index is 1060. The monoisotopic (exact) mass is 841 g/mol. The molecule has 0 aromatic carbocycles. The summed E-state index contributed by atoms with van der Waals surface area (Å²) < 4.78 is 16.7. The fraction of sp³-hybridized carbons (Fsp3) is 0.796. The molecule has 60 heavy (non-hydrogen) atoms. The van der Waals surface area contributed by atoms with Crippen LogP contribution in [-0.4, -0.2) is 37.2 Å². The lowest BCUT2D eigenvalue weighted by Gasteiger charge is -2.18. The molecule has 0 aliphatic heterocycles. The third-order valence-corrected chi connectivity index (χ3v) is 11.1. The van der Waals surface area contributed by atoms with Crippen LogP contribution in [0.15, 0.2) is 48.6 Å². The molecule has 0 amide bonds. The number of hydrogen-bond donors (Lipinski definition) is 0. The molecule has 0 bridgehead atoms. The Morgan fingerprint density at radius 2 is 0.600 bits per heavy atom. The lowest BCUT2D eigenvalue weighted by molar-refractivity contribution is -0.167. The number of unbranched alkanes of at least 4 members (excludes halogenated alkanes) is 27. The van der Waals surface area contributed by atoms with E-state index in [4.69, 9.17) is 14.2 Å². The Morgan fingerprint density at radius 3 is 0.950 bits per heavy atom. The third kappa shape index (κ3) is 46.4. The molecule has 1 unspecified atom stereocenters. The molecule has 0 N–H and O–H groups in total. The van der Waals surface area contributed by atoms with Gasteiger partial charge in [0.2, 0.25) is 0 Å². The van der Waals surface area contributed by atoms with Crippen LogP contribution in [0.3, 0.4) is 0 Å². The van der Waals surface area contributed by atoms with Gasteiger partial charge in [-0.15, -0.1) is 0 Å². The van der Waals surface area contributed by atoms with Gasteiger partial charge in [0.15, 0.2) is 6.10 Å². The van der Waals surface area contributed by atoms with Gasteiger partial charge < -0.3 is 14.2 Å². The summed E-state index contributed by atoms with van der Waals surface area (Å²) in [5.41, 5.74) is 0. The van der Waals surface area contributed by atoms with Crippen molar-refractivity contribution in [2.24, 2.45) is 0 Å². The van der Waals surface area contributed by atoms with Crippen molar-refractivity contribution in [1.29, 1.82) is 0 Å². The molecular formula is C54H96O6. The molecule has 0 rings (SSSR count). The van der Waals surface area contributed by atoms with E-state index in [-0.39, 0.29) is 31.1 Å². The first-order chi connectivity index (χ1) is 29.5. The van der Waals surface area contributed by atoms with Crippen LogP contribution in [0, 0.1) is 0 Å². The van der Waals surface area contributed by atoms with E-state index in [1.165, 1.54) is 128 Å². The highest BCUT2D eigenvalue weighted by Gasteiger charge is 2.19. The Hall–Kier alpha value is -2.63. The van der Waals surface area contributed by atoms with E-state index in [9.17, 15) is 14.4 Å². The first-order valence-electron chi connectivity index (χ1n) is 25.6. The highest BCUT2D eigenvalue weighted by Crippen LogP contribution is 2.14. The van der Waals surface area contributed by atoms with Gasteiger partial charge in [-0.2, -0.15) is 0 Å². The molecule has 0 saturated heterocycles. The molecule has 0 radical (unpaired) electrons. The van der Waals surface area contributed by atoms with E-state index in [0.29, 0.717) is 19.3 Å². The van der Waals surface area contributed by atoms with E-state index in [1.807, 2.05) is 0 Å². The number of ether oxygens (including phenoxy) is 3. The molecule has 0 spiro atoms. The van der Waals surface area contributed by atoms with Crippen molar-refractivity contribution in [3.05, 3.63) is 48.6 Å². The first-order valence-corrected chi connectivity index (χ1v) is 25.6. The molecule has 0 aromatic rings. The summed E-state index contributed by atoms with van der Waals surface area (Å²) in [5, 5.41) is 0. The molecule has 0 aliphatic rings. The van der Waals surface area contributed by atoms with Crippen LogP contribution in [0.2, 0.25) is 0 Å². The summed E-state index contributed by atoms with van der Waals surface area (Å²) in [5.74, 6) is -0.896. The van der Waals surface area contributed by atoms with E-state index >= 15 is 0 Å². The number of hydrogen-bond acceptors (Lipinski definition) is 6. The first kappa shape index (κ1) is 57.4. The predicted octanol–water partition coefficient (Wildman–Crippen LogP) is 16.7. The summed E-state index contributed by atoms with van der Waals surface area (Å²) in [6.07, 6.45) is 58.1. The van der Waals surface area contributed by atoms with Gasteiger partial charge in [0.05, 0.1) is 0 Å². The number of carbonyl (C=O) groups excluding carboxylic acids is 3. The van der Waals surface area contributed by atoms with Gasteiger partial charge in [-0.1, -0.05) is 204 Å². The summed E-state index contributed by atoms with van der Waals surface area (Å²) in [4.78, 5) is 37.8. The normalized spacial score (nSPS) is 12.4. The number of rotatable bonds is 46. The lowest BCUT2D eigenvalue weighted by Crippen LogP contribution is -2.30. The minimum Gasteiger partial charge on any atom is -0.462 e. The minimum absolute atomic E-state index is 0.0788. The van der Waals surface area contributed by atoms with Crippen molar-refractivity contribution in [2.45, 2.75) is 264 Å². The summed E-state index contributed by atoms with van der Waals surface area (Å²) in [7, 11) is 0. The van der Waals surface area contributed by atoms with E-state index < -0.39 is 6.10 Å². The lowest BCUT2D eigenvalue weighted by atomic mass is 10.1. The summed E-state index contributed by atoms with van der Waals surface area (Å²) >= 11 is 0. The standard InChI is InChI=1S/C54H96O6/c1-4-7-10-13-16-19-21-23-25-26-27-28-30-31-33-35-38-41-44-47-53(56)59-50-51(49-58-52(55)46-43-40-37-18-15-12-9-6-3)60-54(57)48-45-42-39-36-34-32-29-24-22-20-17-14-11-8-5-2/h16-17,19-20,23-25,29,51H,4-15,18,21-22,26-28,30-50H2,1-3H3/b19-16-,20-17-,25-23-,29-24-. The quantitative estimate of drug-likeness (QED) is 0.0263. The van der Waals surface area contributed by atoms with Crippen LogP contribution in [0.1, 0.15) is 258 Å². The molecule has 6 heteroatoms. The maximum Gasteiger partial charge on any atom is 0.306 e. The second kappa shape index (κ2) is 49.0. The van der Waals surface area contributed by atoms with Gasteiger partial charge in [0.25, 0.3) is 0 Å². The predicted molar refractivity (Wildman–Crippen MR) is 256 cm³/mol. The zero-order valence-electron chi connectivity index (χ0n) is 39.7. The number of carbonyl (C=O) groups is 3. The smallest absolute Gasteiger partial charge is 0.306 e. The molecule has 0 aromatic heterocycles. The molecule has 1 atom stereocenters. The highest BCUT2D eigenvalue weighted by molar-refractivity contribution is 5.71. The minimum atomic E-state index is -0.778. The molecule has 0 aliphatic carbocycles. The van der Waals surface area contributed by atoms with E-state index in [2.05, 4.69) is 69.4 Å². The molecule has 348 valence electrons. The van der Waals surface area contributed by atoms with Crippen molar-refractivity contribution in [3.8, 4) is 0 Å². The fourth-order valence-electron chi connectivity index (χ4n) is 7.15. The van der Waals surface area contributed by atoms with Gasteiger partial charge in [-0.05, 0) is 83.5 Å². The average molecular weight is 841 g/mol. The Kier molecular flexibility index (Phi) is 46.9. The molecule has 0 saturated carbocycles. The summed E-state index contributed by atoms with van der Waals surface area (Å²) in [6.45, 7) is 6.55. The Labute approximate surface area is 371 Å². The number of allylic oxidation sites excluding steroid dienone is 8. The second-order valence-corrected chi connectivity index (χ2v) is 17.1. The zero-order valence-corrected chi connectivity index (χ0v) is 39.7. The van der Waals surface area contributed by atoms with Gasteiger partial charge in [-0.25, -0.2) is 0 Å². The van der Waals surface area contributed by atoms with Crippen molar-refractivity contribution < 1.29 is 28.6 Å². The van der Waals surface area contributed by atoms with Crippen molar-refractivity contribution >= 4 is 17.9 Å². The average Bonchev–Trinajstić information content (AvgIpc) is 3.24. The van der Waals surface area contributed by atoms with Crippen LogP contribution in [0.4, 0.5) is 0 Å². The van der Waals surface area contributed by atoms with Crippen molar-refractivity contribution in [3.63, 3.8) is 0 Å². The second-order valence-electron chi connectivity index (χ2n) is 17.1. The van der Waals surface area contributed by atoms with E-state index in [1.54, 1.807) is 0 Å². The topological polar surface area (TPSA) is 78.9 Å². The third-order valence-electron chi connectivity index (χ3n) is 11.1. The Balaban J connectivity index is 4.29. The molecule has 6 nitrogen and oxygen atoms in total. The molecule has 0 fully saturated rings. The van der Waals surface area contributed by atoms with Gasteiger partial charge in [0.1, 0.15) is 13.2 Å². The summed E-state index contributed by atoms with van der Waals surface area (Å²) in [6, 6.07) is 0. The van der Waals surface area contributed by atoms with Gasteiger partial charge in [-0.3, -0.25) is 14.4 Å². The van der Waals surface area contributed by atoms with Crippen LogP contribution in [0.5, 0.6) is 0 Å². The maximum absolute atomic E-state index is 12.8. The maximum atomic E-state index is 12.8. The Morgan fingerprint density at radius 1 is 0.333 bits per heavy atom. The SMILES string of the molecule is CCCCC/C=C\C/C=C\CCCCCCCCCCCC(=O)OCC(COC(=O)CCCCCCCCCC)OC(=O)CCCCCCC/C=C\C/C=C\CCCCC. The molecular weight excluding hydrogens is 745 g/mol. The zero-order chi connectivity index (χ0) is 43.7. The van der Waals surface area contributed by atoms with Crippen LogP contribution < -0.4 is 0 Å². The van der Waals surface area contributed by atoms with Crippen molar-refractivity contribution in [1.82, 2.24) is 0 Å². The van der Waals surface area contributed by atoms with E-state index in [0.717, 1.165) is 89.9 Å². The van der Waals surface area contributed by atoms with Crippen LogP contribution in [0.25, 0.3) is 0 Å². The van der Waals surface area contributed by atoms with Crippen LogP contribution in [-0.2, 0) is 28.6 Å². The fourth-order valence-corrected chi connectivity index (χ4v) is 7.15.